The fourth-order valence-corrected chi connectivity index (χ4v) is 2.76. The van der Waals surface area contributed by atoms with Crippen LogP contribution < -0.4 is 5.32 Å². The first-order valence-corrected chi connectivity index (χ1v) is 6.93. The number of nitrogens with zero attached hydrogens (tertiary/aromatic N) is 1. The van der Waals surface area contributed by atoms with E-state index in [-0.39, 0.29) is 18.2 Å². The molecule has 0 bridgehead atoms. The summed E-state index contributed by atoms with van der Waals surface area (Å²) in [6.45, 7) is -0.311. The number of nitrogens with one attached hydrogen (secondary N) is 1. The van der Waals surface area contributed by atoms with E-state index in [0.717, 1.165) is 16.7 Å². The molecule has 1 aromatic rings. The van der Waals surface area contributed by atoms with E-state index in [0.29, 0.717) is 15.7 Å². The van der Waals surface area contributed by atoms with Crippen LogP contribution >= 0.6 is 35.0 Å². The van der Waals surface area contributed by atoms with E-state index in [1.807, 2.05) is 0 Å². The highest BCUT2D eigenvalue weighted by Gasteiger charge is 2.31. The van der Waals surface area contributed by atoms with Crippen LogP contribution in [0.15, 0.2) is 18.2 Å². The molecule has 1 saturated heterocycles. The molecule has 19 heavy (non-hydrogen) atoms. The maximum absolute atomic E-state index is 11.7. The molecule has 100 valence electrons. The van der Waals surface area contributed by atoms with Crippen molar-refractivity contribution in [3.8, 4) is 0 Å². The molecule has 1 aliphatic rings. The van der Waals surface area contributed by atoms with Crippen molar-refractivity contribution >= 4 is 57.7 Å². The van der Waals surface area contributed by atoms with Crippen molar-refractivity contribution in [2.75, 3.05) is 17.6 Å². The predicted octanol–water partition coefficient (Wildman–Crippen LogP) is 2.63. The number of rotatable bonds is 3. The first kappa shape index (κ1) is 14.2. The van der Waals surface area contributed by atoms with E-state index in [1.54, 1.807) is 0 Å². The van der Waals surface area contributed by atoms with Crippen LogP contribution in [-0.2, 0) is 9.59 Å². The third kappa shape index (κ3) is 3.62. The van der Waals surface area contributed by atoms with Crippen LogP contribution in [0.4, 0.5) is 10.5 Å². The quantitative estimate of drug-likeness (QED) is 0.930. The van der Waals surface area contributed by atoms with Gasteiger partial charge >= 0.3 is 0 Å². The molecule has 0 unspecified atom stereocenters. The zero-order chi connectivity index (χ0) is 14.0. The average Bonchev–Trinajstić information content (AvgIpc) is 2.59. The highest BCUT2D eigenvalue weighted by Crippen LogP contribution is 2.23. The van der Waals surface area contributed by atoms with Gasteiger partial charge in [-0.3, -0.25) is 19.3 Å². The SMILES string of the molecule is O=C(CN1C(=O)CSC1=O)Nc1cc(Cl)cc(Cl)c1. The number of carbonyl (C=O) groups is 3. The highest BCUT2D eigenvalue weighted by atomic mass is 35.5. The Balaban J connectivity index is 2.01. The van der Waals surface area contributed by atoms with Gasteiger partial charge in [-0.05, 0) is 18.2 Å². The smallest absolute Gasteiger partial charge is 0.289 e. The van der Waals surface area contributed by atoms with E-state index in [4.69, 9.17) is 23.2 Å². The number of benzene rings is 1. The van der Waals surface area contributed by atoms with Crippen molar-refractivity contribution in [1.29, 1.82) is 0 Å². The van der Waals surface area contributed by atoms with Gasteiger partial charge in [0, 0.05) is 15.7 Å². The lowest BCUT2D eigenvalue weighted by Gasteiger charge is -2.12. The average molecular weight is 319 g/mol. The van der Waals surface area contributed by atoms with Crippen LogP contribution in [0.5, 0.6) is 0 Å². The molecule has 0 aliphatic carbocycles. The number of hydrogen-bond donors (Lipinski definition) is 1. The first-order chi connectivity index (χ1) is 8.95. The summed E-state index contributed by atoms with van der Waals surface area (Å²) in [7, 11) is 0. The van der Waals surface area contributed by atoms with E-state index in [2.05, 4.69) is 5.32 Å². The van der Waals surface area contributed by atoms with Crippen molar-refractivity contribution in [2.45, 2.75) is 0 Å². The fourth-order valence-electron chi connectivity index (χ4n) is 1.50. The van der Waals surface area contributed by atoms with Crippen LogP contribution in [0, 0.1) is 0 Å². The fraction of sp³-hybridized carbons (Fsp3) is 0.182. The standard InChI is InChI=1S/C11H8Cl2N2O3S/c12-6-1-7(13)3-8(2-6)14-9(16)4-15-10(17)5-19-11(15)18/h1-3H,4-5H2,(H,14,16). The molecule has 8 heteroatoms. The van der Waals surface area contributed by atoms with Gasteiger partial charge in [0.1, 0.15) is 6.54 Å². The molecule has 2 rings (SSSR count). The molecule has 5 nitrogen and oxygen atoms in total. The first-order valence-electron chi connectivity index (χ1n) is 5.19. The lowest BCUT2D eigenvalue weighted by atomic mass is 10.3. The van der Waals surface area contributed by atoms with Crippen LogP contribution in [0.3, 0.4) is 0 Å². The lowest BCUT2D eigenvalue weighted by Crippen LogP contribution is -2.36. The summed E-state index contributed by atoms with van der Waals surface area (Å²) >= 11 is 12.5. The Labute approximate surface area is 123 Å². The van der Waals surface area contributed by atoms with Crippen molar-refractivity contribution in [2.24, 2.45) is 0 Å². The minimum Gasteiger partial charge on any atom is -0.324 e. The predicted molar refractivity (Wildman–Crippen MR) is 74.7 cm³/mol. The molecular formula is C11H8Cl2N2O3S. The Bertz CT molecular complexity index is 529. The Hall–Kier alpha value is -1.24. The maximum atomic E-state index is 11.7. The monoisotopic (exact) mass is 318 g/mol. The molecule has 0 atom stereocenters. The zero-order valence-corrected chi connectivity index (χ0v) is 11.8. The van der Waals surface area contributed by atoms with Crippen LogP contribution in [0.1, 0.15) is 0 Å². The van der Waals surface area contributed by atoms with Gasteiger partial charge in [-0.1, -0.05) is 35.0 Å². The normalized spacial score (nSPS) is 14.9. The minimum absolute atomic E-state index is 0.0785. The Morgan fingerprint density at radius 3 is 2.42 bits per heavy atom. The number of imide groups is 1. The van der Waals surface area contributed by atoms with Crippen LogP contribution in [0.25, 0.3) is 0 Å². The molecule has 3 amide bonds. The number of hydrogen-bond acceptors (Lipinski definition) is 4. The summed E-state index contributed by atoms with van der Waals surface area (Å²) in [4.78, 5) is 35.3. The van der Waals surface area contributed by atoms with Crippen molar-refractivity contribution in [3.63, 3.8) is 0 Å². The second kappa shape index (κ2) is 5.81. The van der Waals surface area contributed by atoms with Gasteiger partial charge in [-0.15, -0.1) is 0 Å². The van der Waals surface area contributed by atoms with Crippen LogP contribution in [0.2, 0.25) is 10.0 Å². The van der Waals surface area contributed by atoms with Crippen molar-refractivity contribution < 1.29 is 14.4 Å². The summed E-state index contributed by atoms with van der Waals surface area (Å²) in [6, 6.07) is 4.57. The van der Waals surface area contributed by atoms with Crippen molar-refractivity contribution in [3.05, 3.63) is 28.2 Å². The van der Waals surface area contributed by atoms with Gasteiger partial charge in [-0.25, -0.2) is 0 Å². The van der Waals surface area contributed by atoms with Gasteiger partial charge in [0.05, 0.1) is 5.75 Å². The van der Waals surface area contributed by atoms with Gasteiger partial charge in [0.25, 0.3) is 5.24 Å². The maximum Gasteiger partial charge on any atom is 0.289 e. The third-order valence-electron chi connectivity index (χ3n) is 2.29. The van der Waals surface area contributed by atoms with Gasteiger partial charge in [0.15, 0.2) is 0 Å². The minimum atomic E-state index is -0.484. The van der Waals surface area contributed by atoms with Crippen molar-refractivity contribution in [1.82, 2.24) is 4.90 Å². The molecular weight excluding hydrogens is 311 g/mol. The number of carbonyl (C=O) groups excluding carboxylic acids is 3. The second-order valence-corrected chi connectivity index (χ2v) is 5.54. The van der Waals surface area contributed by atoms with Gasteiger partial charge in [-0.2, -0.15) is 0 Å². The van der Waals surface area contributed by atoms with Gasteiger partial charge < -0.3 is 5.32 Å². The van der Waals surface area contributed by atoms with E-state index in [9.17, 15) is 14.4 Å². The van der Waals surface area contributed by atoms with Gasteiger partial charge in [0.2, 0.25) is 11.8 Å². The largest absolute Gasteiger partial charge is 0.324 e. The molecule has 1 fully saturated rings. The molecule has 0 spiro atoms. The molecule has 1 aliphatic heterocycles. The summed E-state index contributed by atoms with van der Waals surface area (Å²) in [6.07, 6.45) is 0. The molecule has 1 heterocycles. The highest BCUT2D eigenvalue weighted by molar-refractivity contribution is 8.14. The number of anilines is 1. The molecule has 0 saturated carbocycles. The Morgan fingerprint density at radius 1 is 1.26 bits per heavy atom. The molecule has 0 aromatic heterocycles. The number of amides is 3. The third-order valence-corrected chi connectivity index (χ3v) is 3.58. The molecule has 1 aromatic carbocycles. The molecule has 0 radical (unpaired) electrons. The second-order valence-electron chi connectivity index (χ2n) is 3.74. The van der Waals surface area contributed by atoms with E-state index in [1.165, 1.54) is 18.2 Å². The van der Waals surface area contributed by atoms with E-state index >= 15 is 0 Å². The topological polar surface area (TPSA) is 66.5 Å². The van der Waals surface area contributed by atoms with E-state index < -0.39 is 11.1 Å². The van der Waals surface area contributed by atoms with Crippen LogP contribution in [-0.4, -0.2) is 34.3 Å². The zero-order valence-electron chi connectivity index (χ0n) is 9.48. The Kier molecular flexibility index (Phi) is 4.34. The Morgan fingerprint density at radius 2 is 1.89 bits per heavy atom. The lowest BCUT2D eigenvalue weighted by molar-refractivity contribution is -0.128. The summed E-state index contributed by atoms with van der Waals surface area (Å²) in [5, 5.41) is 2.88. The number of thioether (sulfide) groups is 1. The summed E-state index contributed by atoms with van der Waals surface area (Å²) in [5.41, 5.74) is 0.411. The number of halogens is 2. The summed E-state index contributed by atoms with van der Waals surface area (Å²) < 4.78 is 0. The molecule has 1 N–H and O–H groups in total. The summed E-state index contributed by atoms with van der Waals surface area (Å²) in [5.74, 6) is -0.772.